The molecule has 0 amide bonds. The van der Waals surface area contributed by atoms with Crippen LogP contribution < -0.4 is 0 Å². The molecule has 0 spiro atoms. The van der Waals surface area contributed by atoms with Crippen LogP contribution in [-0.4, -0.2) is 63.2 Å². The molecule has 6 heteroatoms. The van der Waals surface area contributed by atoms with Gasteiger partial charge >= 0.3 is 41.5 Å². The van der Waals surface area contributed by atoms with Gasteiger partial charge in [-0.25, -0.2) is 0 Å². The topological polar surface area (TPSA) is 74.6 Å². The van der Waals surface area contributed by atoms with Crippen molar-refractivity contribution in [2.45, 2.75) is 12.8 Å². The summed E-state index contributed by atoms with van der Waals surface area (Å²) >= 11 is 1.35. The number of carboxylic acids is 2. The van der Waals surface area contributed by atoms with E-state index in [9.17, 15) is 9.59 Å². The Hall–Kier alpha value is 0.290. The van der Waals surface area contributed by atoms with Gasteiger partial charge in [0.25, 0.3) is 0 Å². The van der Waals surface area contributed by atoms with Gasteiger partial charge in [-0.1, -0.05) is 0 Å². The van der Waals surface area contributed by atoms with Crippen LogP contribution in [0.5, 0.6) is 0 Å². The van der Waals surface area contributed by atoms with Gasteiger partial charge in [-0.3, -0.25) is 9.59 Å². The molecule has 2 N–H and O–H groups in total. The van der Waals surface area contributed by atoms with E-state index >= 15 is 0 Å². The predicted molar refractivity (Wildman–Crippen MR) is 49.0 cm³/mol. The van der Waals surface area contributed by atoms with Crippen LogP contribution in [0.15, 0.2) is 0 Å². The molecule has 0 aromatic carbocycles. The van der Waals surface area contributed by atoms with Gasteiger partial charge in [-0.15, -0.1) is 0 Å². The van der Waals surface area contributed by atoms with E-state index in [0.29, 0.717) is 11.5 Å². The number of hydrogen-bond acceptors (Lipinski definition) is 3. The number of aliphatic carboxylic acids is 2. The number of thioether (sulfide) groups is 1. The molecule has 0 aliphatic heterocycles. The zero-order chi connectivity index (χ0) is 8.69. The molecular formula is C6H11NaO4S. The molecule has 0 heterocycles. The molecule has 12 heavy (non-hydrogen) atoms. The van der Waals surface area contributed by atoms with Crippen molar-refractivity contribution < 1.29 is 19.8 Å². The first kappa shape index (κ1) is 14.8. The molecule has 0 saturated heterocycles. The van der Waals surface area contributed by atoms with E-state index in [1.54, 1.807) is 0 Å². The number of hydrogen-bond donors (Lipinski definition) is 2. The third kappa shape index (κ3) is 12.9. The molecule has 0 rings (SSSR count). The molecular weight excluding hydrogens is 191 g/mol. The third-order valence-corrected chi connectivity index (χ3v) is 1.91. The average Bonchev–Trinajstić information content (AvgIpc) is 1.85. The van der Waals surface area contributed by atoms with Crippen molar-refractivity contribution in [1.82, 2.24) is 0 Å². The Morgan fingerprint density at radius 1 is 1.00 bits per heavy atom. The fraction of sp³-hybridized carbons (Fsp3) is 0.667. The second-order valence-corrected chi connectivity index (χ2v) is 3.12. The molecule has 0 unspecified atom stereocenters. The summed E-state index contributed by atoms with van der Waals surface area (Å²) in [5, 5.41) is 16.4. The van der Waals surface area contributed by atoms with Crippen LogP contribution in [-0.2, 0) is 9.59 Å². The van der Waals surface area contributed by atoms with E-state index in [-0.39, 0.29) is 42.4 Å². The number of carbonyl (C=O) groups is 2. The standard InChI is InChI=1S/C6H10O4S.Na.H/c7-5(8)1-3-11-4-2-6(9)10;;/h1-4H2,(H,7,8)(H,9,10);;. The Balaban J connectivity index is 0. The van der Waals surface area contributed by atoms with Crippen molar-refractivity contribution in [1.29, 1.82) is 0 Å². The van der Waals surface area contributed by atoms with Gasteiger partial charge in [-0.2, -0.15) is 11.8 Å². The Labute approximate surface area is 97.0 Å². The molecule has 0 aromatic rings. The second kappa shape index (κ2) is 9.38. The quantitative estimate of drug-likeness (QED) is 0.469. The zero-order valence-corrected chi connectivity index (χ0v) is 6.76. The van der Waals surface area contributed by atoms with Gasteiger partial charge < -0.3 is 10.2 Å². The molecule has 0 aliphatic rings. The summed E-state index contributed by atoms with van der Waals surface area (Å²) in [4.78, 5) is 19.9. The Kier molecular flexibility index (Phi) is 11.6. The first-order valence-corrected chi connectivity index (χ1v) is 4.29. The Bertz CT molecular complexity index is 134. The molecule has 0 saturated carbocycles. The first-order valence-electron chi connectivity index (χ1n) is 3.14. The zero-order valence-electron chi connectivity index (χ0n) is 5.95. The maximum atomic E-state index is 9.97. The fourth-order valence-electron chi connectivity index (χ4n) is 0.421. The van der Waals surface area contributed by atoms with Crippen LogP contribution >= 0.6 is 11.8 Å². The van der Waals surface area contributed by atoms with Gasteiger partial charge in [0, 0.05) is 11.5 Å². The van der Waals surface area contributed by atoms with Gasteiger partial charge in [0.05, 0.1) is 12.8 Å². The van der Waals surface area contributed by atoms with Crippen LogP contribution in [0.1, 0.15) is 12.8 Å². The van der Waals surface area contributed by atoms with Crippen LogP contribution in [0.25, 0.3) is 0 Å². The Morgan fingerprint density at radius 3 is 1.58 bits per heavy atom. The summed E-state index contributed by atoms with van der Waals surface area (Å²) in [6.07, 6.45) is 0.203. The van der Waals surface area contributed by atoms with Crippen LogP contribution in [0.2, 0.25) is 0 Å². The van der Waals surface area contributed by atoms with Gasteiger partial charge in [0.2, 0.25) is 0 Å². The van der Waals surface area contributed by atoms with E-state index in [1.807, 2.05) is 0 Å². The van der Waals surface area contributed by atoms with Crippen LogP contribution in [0, 0.1) is 0 Å². The average molecular weight is 202 g/mol. The molecule has 0 bridgehead atoms. The summed E-state index contributed by atoms with van der Waals surface area (Å²) in [6.45, 7) is 0. The molecule has 66 valence electrons. The van der Waals surface area contributed by atoms with E-state index in [2.05, 4.69) is 0 Å². The number of carboxylic acid groups (broad SMARTS) is 2. The summed E-state index contributed by atoms with van der Waals surface area (Å²) in [7, 11) is 0. The van der Waals surface area contributed by atoms with E-state index in [4.69, 9.17) is 10.2 Å². The van der Waals surface area contributed by atoms with Crippen molar-refractivity contribution in [3.63, 3.8) is 0 Å². The molecule has 4 nitrogen and oxygen atoms in total. The summed E-state index contributed by atoms with van der Waals surface area (Å²) in [5.74, 6) is -0.703. The maximum absolute atomic E-state index is 9.97. The minimum absolute atomic E-state index is 0. The second-order valence-electron chi connectivity index (χ2n) is 1.90. The monoisotopic (exact) mass is 202 g/mol. The normalized spacial score (nSPS) is 8.67. The molecule has 0 aliphatic carbocycles. The minimum atomic E-state index is -0.840. The van der Waals surface area contributed by atoms with Crippen molar-refractivity contribution in [3.8, 4) is 0 Å². The van der Waals surface area contributed by atoms with Crippen molar-refractivity contribution in [2.24, 2.45) is 0 Å². The van der Waals surface area contributed by atoms with E-state index in [0.717, 1.165) is 0 Å². The molecule has 0 aromatic heterocycles. The molecule has 0 atom stereocenters. The van der Waals surface area contributed by atoms with E-state index in [1.165, 1.54) is 11.8 Å². The summed E-state index contributed by atoms with van der Waals surface area (Å²) in [6, 6.07) is 0. The SMILES string of the molecule is O=C(O)CCSCCC(=O)O.[NaH]. The van der Waals surface area contributed by atoms with Crippen LogP contribution in [0.4, 0.5) is 0 Å². The fourth-order valence-corrected chi connectivity index (χ4v) is 1.26. The van der Waals surface area contributed by atoms with Crippen molar-refractivity contribution in [3.05, 3.63) is 0 Å². The predicted octanol–water partition coefficient (Wildman–Crippen LogP) is 0.0205. The van der Waals surface area contributed by atoms with Gasteiger partial charge in [0.15, 0.2) is 0 Å². The summed E-state index contributed by atoms with van der Waals surface area (Å²) < 4.78 is 0. The Morgan fingerprint density at radius 2 is 1.33 bits per heavy atom. The van der Waals surface area contributed by atoms with Crippen LogP contribution in [0.3, 0.4) is 0 Å². The third-order valence-electron chi connectivity index (χ3n) is 0.921. The van der Waals surface area contributed by atoms with Crippen molar-refractivity contribution in [2.75, 3.05) is 11.5 Å². The van der Waals surface area contributed by atoms with Gasteiger partial charge in [0.1, 0.15) is 0 Å². The first-order chi connectivity index (χ1) is 5.13. The molecule has 0 radical (unpaired) electrons. The van der Waals surface area contributed by atoms with E-state index < -0.39 is 11.9 Å². The van der Waals surface area contributed by atoms with Crippen molar-refractivity contribution >= 4 is 53.3 Å². The summed E-state index contributed by atoms with van der Waals surface area (Å²) in [5.41, 5.74) is 0. The molecule has 0 fully saturated rings. The van der Waals surface area contributed by atoms with Gasteiger partial charge in [-0.05, 0) is 0 Å². The number of rotatable bonds is 6.